The van der Waals surface area contributed by atoms with E-state index in [0.717, 1.165) is 0 Å². The Morgan fingerprint density at radius 1 is 0.261 bits per heavy atom. The minimum Gasteiger partial charge on any atom is -0.480 e. The molecule has 0 aliphatic carbocycles. The fourth-order valence-corrected chi connectivity index (χ4v) is 30.7. The zero-order valence-electron chi connectivity index (χ0n) is 19.3. The van der Waals surface area contributed by atoms with Crippen molar-refractivity contribution in [2.75, 3.05) is 0 Å². The zero-order chi connectivity index (χ0) is 38.6. The number of rotatable bonds is 13. The molecule has 0 unspecified atom stereocenters. The quantitative estimate of drug-likeness (QED) is 0.187. The average Bonchev–Trinajstić information content (AvgIpc) is 2.81. The van der Waals surface area contributed by atoms with Gasteiger partial charge in [-0.05, 0) is 0 Å². The van der Waals surface area contributed by atoms with E-state index in [9.17, 15) is 9.90 Å². The molecule has 0 aliphatic heterocycles. The first-order valence-electron chi connectivity index (χ1n) is 9.41. The van der Waals surface area contributed by atoms with Crippen LogP contribution in [0, 0.1) is 0 Å². The topological polar surface area (TPSA) is 37.3 Å². The molecule has 0 bridgehead atoms. The second-order valence-electron chi connectivity index (χ2n) is 8.27. The summed E-state index contributed by atoms with van der Waals surface area (Å²) in [6, 6.07) is 0. The number of hydrogen-bond donors (Lipinski definition) is 1. The third kappa shape index (κ3) is 9.81. The van der Waals surface area contributed by atoms with Crippen LogP contribution in [-0.2, 0) is 4.79 Å². The summed E-state index contributed by atoms with van der Waals surface area (Å²) in [6.45, 7) is 0. The van der Waals surface area contributed by atoms with Gasteiger partial charge in [0.25, 0.3) is 0 Å². The molecule has 0 atom stereocenters. The second kappa shape index (κ2) is 19.1. The molecule has 0 saturated carbocycles. The molecule has 276 valence electrons. The standard InChI is InChI=1S/C15HBr29O2/c16-2(17,1(45)46)3(18,19)4(20,21)5(22,23)6(24,25)7(26,27)8(28,29)9(30,31)10(32,33)11(34,35)12(36,37)13(38,39)14(40,41)15(42,43)44/h(H,45,46). The maximum atomic E-state index is 12.3. The lowest BCUT2D eigenvalue weighted by Crippen LogP contribution is -2.73. The maximum absolute atomic E-state index is 12.3. The van der Waals surface area contributed by atoms with Gasteiger partial charge < -0.3 is 5.11 Å². The van der Waals surface area contributed by atoms with Crippen LogP contribution in [0.5, 0.6) is 0 Å². The Morgan fingerprint density at radius 2 is 0.391 bits per heavy atom. The third-order valence-corrected chi connectivity index (χ3v) is 66.3. The summed E-state index contributed by atoms with van der Waals surface area (Å²) in [4.78, 5) is 12.3. The fourth-order valence-electron chi connectivity index (χ4n) is 2.48. The van der Waals surface area contributed by atoms with Gasteiger partial charge in [0.15, 0.2) is 2.14 Å². The van der Waals surface area contributed by atoms with Crippen molar-refractivity contribution >= 4 is 468 Å². The van der Waals surface area contributed by atoms with Gasteiger partial charge in [-0.15, -0.1) is 0 Å². The van der Waals surface area contributed by atoms with Gasteiger partial charge in [-0.3, -0.25) is 0 Å². The highest BCUT2D eigenvalue weighted by Crippen LogP contribution is 2.82. The van der Waals surface area contributed by atoms with E-state index in [1.165, 1.54) is 0 Å². The highest BCUT2D eigenvalue weighted by atomic mass is 80.0. The van der Waals surface area contributed by atoms with Crippen LogP contribution in [0.1, 0.15) is 0 Å². The molecule has 0 heterocycles. The first-order valence-corrected chi connectivity index (χ1v) is 32.4. The molecule has 46 heavy (non-hydrogen) atoms. The van der Waals surface area contributed by atoms with Gasteiger partial charge in [-0.1, -0.05) is 462 Å². The summed E-state index contributed by atoms with van der Waals surface area (Å²) in [5.74, 6) is -1.24. The van der Waals surface area contributed by atoms with Gasteiger partial charge in [-0.25, -0.2) is 4.79 Å². The Morgan fingerprint density at radius 3 is 0.522 bits per heavy atom. The van der Waals surface area contributed by atoms with Crippen LogP contribution in [0.3, 0.4) is 0 Å². The molecule has 1 N–H and O–H groups in total. The number of hydrogen-bond acceptors (Lipinski definition) is 1. The number of carboxylic acids is 1. The molecule has 2 nitrogen and oxygen atoms in total. The van der Waals surface area contributed by atoms with Gasteiger partial charge in [-0.2, -0.15) is 0 Å². The number of carbonyl (C=O) groups is 1. The highest BCUT2D eigenvalue weighted by Gasteiger charge is 2.83. The highest BCUT2D eigenvalue weighted by molar-refractivity contribution is 9.42. The molecule has 0 aromatic heterocycles. The van der Waals surface area contributed by atoms with E-state index in [0.29, 0.717) is 0 Å². The molecular weight excluding hydrogens is 2530 g/mol. The average molecular weight is 2530 g/mol. The molecule has 0 radical (unpaired) electrons. The molecule has 0 aliphatic rings. The van der Waals surface area contributed by atoms with Crippen molar-refractivity contribution in [2.24, 2.45) is 0 Å². The van der Waals surface area contributed by atoms with Crippen LogP contribution in [0.15, 0.2) is 0 Å². The smallest absolute Gasteiger partial charge is 0.333 e. The molecule has 0 aromatic rings. The van der Waals surface area contributed by atoms with E-state index in [1.54, 1.807) is 0 Å². The predicted octanol–water partition coefficient (Wildman–Crippen LogP) is 21.2. The number of halogens is 29. The predicted molar refractivity (Wildman–Crippen MR) is 305 cm³/mol. The largest absolute Gasteiger partial charge is 0.480 e. The van der Waals surface area contributed by atoms with E-state index in [2.05, 4.69) is 462 Å². The number of alkyl halides is 29. The van der Waals surface area contributed by atoms with E-state index in [4.69, 9.17) is 0 Å². The molecule has 0 fully saturated rings. The summed E-state index contributed by atoms with van der Waals surface area (Å²) in [5, 5.41) is 10.0. The summed E-state index contributed by atoms with van der Waals surface area (Å²) < 4.78 is -18.4. The lowest BCUT2D eigenvalue weighted by Gasteiger charge is -2.61. The monoisotopic (exact) mass is 2500 g/mol. The van der Waals surface area contributed by atoms with Crippen LogP contribution < -0.4 is 0 Å². The normalized spacial score (nSPS) is 17.0. The van der Waals surface area contributed by atoms with E-state index < -0.39 is 50.1 Å². The van der Waals surface area contributed by atoms with Crippen molar-refractivity contribution in [3.8, 4) is 0 Å². The van der Waals surface area contributed by atoms with E-state index in [1.807, 2.05) is 0 Å². The Labute approximate surface area is 509 Å². The SMILES string of the molecule is O=C(O)C(Br)(Br)C(Br)(Br)C(Br)(Br)C(Br)(Br)C(Br)(Br)C(Br)(Br)C(Br)(Br)C(Br)(Br)C(Br)(Br)C(Br)(Br)C(Br)(Br)C(Br)(Br)C(Br)(Br)C(Br)(Br)Br. The fraction of sp³-hybridized carbons (Fsp3) is 0.933. The lowest BCUT2D eigenvalue weighted by molar-refractivity contribution is -0.137. The van der Waals surface area contributed by atoms with Gasteiger partial charge in [0, 0.05) is 0 Å². The minimum absolute atomic E-state index is 0.909. The van der Waals surface area contributed by atoms with E-state index in [-0.39, 0.29) is 0 Å². The molecule has 0 amide bonds. The molecule has 0 aromatic carbocycles. The van der Waals surface area contributed by atoms with Crippen molar-refractivity contribution in [1.29, 1.82) is 0 Å². The van der Waals surface area contributed by atoms with Crippen LogP contribution in [-0.4, -0.2) is 55.3 Å². The van der Waals surface area contributed by atoms with Crippen LogP contribution >= 0.6 is 462 Å². The van der Waals surface area contributed by atoms with Crippen molar-refractivity contribution in [1.82, 2.24) is 0 Å². The van der Waals surface area contributed by atoms with Gasteiger partial charge in [0.1, 0.15) is 38.8 Å². The van der Waals surface area contributed by atoms with E-state index >= 15 is 0 Å². The molecule has 0 rings (SSSR count). The van der Waals surface area contributed by atoms with Crippen molar-refractivity contribution < 1.29 is 9.90 Å². The van der Waals surface area contributed by atoms with Crippen molar-refractivity contribution in [3.63, 3.8) is 0 Å². The molecule has 0 spiro atoms. The van der Waals surface area contributed by atoms with Gasteiger partial charge in [0.05, 0.1) is 0 Å². The molecule has 31 heteroatoms. The number of aliphatic carboxylic acids is 1. The Hall–Kier alpha value is 13.4. The zero-order valence-corrected chi connectivity index (χ0v) is 65.3. The first kappa shape index (κ1) is 59.4. The first-order chi connectivity index (χ1) is 19.2. The molecular formula is C15HBr29O2. The summed E-state index contributed by atoms with van der Waals surface area (Å²) in [7, 11) is 0. The summed E-state index contributed by atoms with van der Waals surface area (Å²) >= 11 is 109. The Bertz CT molecular complexity index is 1160. The third-order valence-electron chi connectivity index (χ3n) is 5.36. The van der Waals surface area contributed by atoms with Gasteiger partial charge >= 0.3 is 5.97 Å². The number of carboxylic acid groups (broad SMARTS) is 1. The summed E-state index contributed by atoms with van der Waals surface area (Å²) in [6.07, 6.45) is 0. The van der Waals surface area contributed by atoms with Gasteiger partial charge in [0.2, 0.25) is 3.23 Å². The second-order valence-corrected chi connectivity index (χ2v) is 59.8. The minimum atomic E-state index is -1.77. The molecule has 0 saturated heterocycles. The van der Waals surface area contributed by atoms with Crippen LogP contribution in [0.25, 0.3) is 0 Å². The van der Waals surface area contributed by atoms with Crippen molar-refractivity contribution in [3.05, 3.63) is 0 Å². The lowest BCUT2D eigenvalue weighted by atomic mass is 10.0. The van der Waals surface area contributed by atoms with Crippen LogP contribution in [0.2, 0.25) is 0 Å². The Balaban J connectivity index is 7.59. The summed E-state index contributed by atoms with van der Waals surface area (Å²) in [5.41, 5.74) is 0. The van der Waals surface area contributed by atoms with Crippen molar-refractivity contribution in [2.45, 2.75) is 44.2 Å². The van der Waals surface area contributed by atoms with Crippen LogP contribution in [0.4, 0.5) is 0 Å². The maximum Gasteiger partial charge on any atom is 0.333 e. The Kier molecular flexibility index (Phi) is 24.6.